The van der Waals surface area contributed by atoms with E-state index in [1.807, 2.05) is 0 Å². The van der Waals surface area contributed by atoms with Crippen molar-refractivity contribution in [3.63, 3.8) is 0 Å². The van der Waals surface area contributed by atoms with Gasteiger partial charge in [0, 0.05) is 32.7 Å². The fraction of sp³-hybridized carbons (Fsp3) is 0.600. The molecular formula is C15H22N2O. The summed E-state index contributed by atoms with van der Waals surface area (Å²) in [5, 5.41) is 3.26. The Morgan fingerprint density at radius 1 is 1.28 bits per heavy atom. The molecule has 2 aliphatic rings. The smallest absolute Gasteiger partial charge is 0.0902 e. The van der Waals surface area contributed by atoms with Crippen molar-refractivity contribution in [2.45, 2.75) is 25.5 Å². The van der Waals surface area contributed by atoms with Gasteiger partial charge in [0.1, 0.15) is 0 Å². The first-order valence-electron chi connectivity index (χ1n) is 6.89. The van der Waals surface area contributed by atoms with Crippen LogP contribution in [0.1, 0.15) is 18.1 Å². The summed E-state index contributed by atoms with van der Waals surface area (Å²) in [7, 11) is 0. The van der Waals surface area contributed by atoms with Gasteiger partial charge in [-0.1, -0.05) is 24.3 Å². The van der Waals surface area contributed by atoms with E-state index in [9.17, 15) is 0 Å². The molecule has 0 saturated carbocycles. The third kappa shape index (κ3) is 2.58. The second-order valence-corrected chi connectivity index (χ2v) is 5.70. The number of nitrogens with zero attached hydrogens (tertiary/aromatic N) is 1. The molecule has 0 aromatic heterocycles. The molecule has 3 heteroatoms. The second kappa shape index (κ2) is 5.00. The van der Waals surface area contributed by atoms with Gasteiger partial charge in [-0.05, 0) is 24.5 Å². The standard InChI is InChI=1S/C15H22N2O/c1-15(11-16-12-15)18-9-8-17-7-6-13-4-2-3-5-14(13)10-17/h2-5,16H,6-12H2,1H3. The predicted molar refractivity (Wildman–Crippen MR) is 72.6 cm³/mol. The molecule has 1 fully saturated rings. The molecule has 2 aliphatic heterocycles. The monoisotopic (exact) mass is 246 g/mol. The average Bonchev–Trinajstić information content (AvgIpc) is 2.37. The zero-order valence-corrected chi connectivity index (χ0v) is 11.1. The quantitative estimate of drug-likeness (QED) is 0.869. The van der Waals surface area contributed by atoms with Crippen molar-refractivity contribution in [2.24, 2.45) is 0 Å². The van der Waals surface area contributed by atoms with Gasteiger partial charge >= 0.3 is 0 Å². The first-order valence-corrected chi connectivity index (χ1v) is 6.89. The highest BCUT2D eigenvalue weighted by molar-refractivity contribution is 5.28. The molecule has 2 heterocycles. The van der Waals surface area contributed by atoms with E-state index in [0.29, 0.717) is 0 Å². The molecule has 0 bridgehead atoms. The maximum Gasteiger partial charge on any atom is 0.0902 e. The molecule has 0 amide bonds. The Kier molecular flexibility index (Phi) is 3.37. The maximum absolute atomic E-state index is 5.95. The molecule has 3 rings (SSSR count). The Balaban J connectivity index is 1.48. The Morgan fingerprint density at radius 3 is 2.78 bits per heavy atom. The summed E-state index contributed by atoms with van der Waals surface area (Å²) in [6, 6.07) is 8.78. The van der Waals surface area contributed by atoms with Gasteiger partial charge < -0.3 is 10.1 Å². The largest absolute Gasteiger partial charge is 0.371 e. The lowest BCUT2D eigenvalue weighted by atomic mass is 9.99. The fourth-order valence-electron chi connectivity index (χ4n) is 2.75. The van der Waals surface area contributed by atoms with Gasteiger partial charge in [0.25, 0.3) is 0 Å². The molecular weight excluding hydrogens is 224 g/mol. The molecule has 0 radical (unpaired) electrons. The van der Waals surface area contributed by atoms with Crippen LogP contribution in [0.3, 0.4) is 0 Å². The molecule has 1 saturated heterocycles. The van der Waals surface area contributed by atoms with E-state index in [2.05, 4.69) is 41.4 Å². The fourth-order valence-corrected chi connectivity index (χ4v) is 2.75. The number of rotatable bonds is 4. The summed E-state index contributed by atoms with van der Waals surface area (Å²) in [6.07, 6.45) is 1.18. The van der Waals surface area contributed by atoms with Gasteiger partial charge in [-0.15, -0.1) is 0 Å². The van der Waals surface area contributed by atoms with E-state index in [4.69, 9.17) is 4.74 Å². The van der Waals surface area contributed by atoms with Gasteiger partial charge in [-0.2, -0.15) is 0 Å². The number of benzene rings is 1. The lowest BCUT2D eigenvalue weighted by molar-refractivity contribution is -0.0728. The first kappa shape index (κ1) is 12.2. The van der Waals surface area contributed by atoms with Gasteiger partial charge in [0.2, 0.25) is 0 Å². The second-order valence-electron chi connectivity index (χ2n) is 5.70. The lowest BCUT2D eigenvalue weighted by Crippen LogP contribution is -2.59. The maximum atomic E-state index is 5.95. The van der Waals surface area contributed by atoms with E-state index >= 15 is 0 Å². The Hall–Kier alpha value is -0.900. The van der Waals surface area contributed by atoms with Crippen molar-refractivity contribution < 1.29 is 4.74 Å². The van der Waals surface area contributed by atoms with Gasteiger partial charge in [0.05, 0.1) is 12.2 Å². The van der Waals surface area contributed by atoms with Crippen molar-refractivity contribution in [3.8, 4) is 0 Å². The predicted octanol–water partition coefficient (Wildman–Crippen LogP) is 1.42. The molecule has 0 atom stereocenters. The Labute approximate surface area is 109 Å². The minimum absolute atomic E-state index is 0.0910. The third-order valence-electron chi connectivity index (χ3n) is 4.07. The summed E-state index contributed by atoms with van der Waals surface area (Å²) in [6.45, 7) is 8.31. The first-order chi connectivity index (χ1) is 8.75. The summed E-state index contributed by atoms with van der Waals surface area (Å²) in [5.74, 6) is 0. The molecule has 1 aromatic carbocycles. The molecule has 0 unspecified atom stereocenters. The molecule has 1 N–H and O–H groups in total. The number of nitrogens with one attached hydrogen (secondary N) is 1. The van der Waals surface area contributed by atoms with Crippen LogP contribution < -0.4 is 5.32 Å². The summed E-state index contributed by atoms with van der Waals surface area (Å²) in [5.41, 5.74) is 3.10. The van der Waals surface area contributed by atoms with Crippen LogP contribution in [0.4, 0.5) is 0 Å². The van der Waals surface area contributed by atoms with Crippen molar-refractivity contribution in [1.29, 1.82) is 0 Å². The summed E-state index contributed by atoms with van der Waals surface area (Å²) >= 11 is 0. The van der Waals surface area contributed by atoms with E-state index in [1.165, 1.54) is 17.5 Å². The van der Waals surface area contributed by atoms with Crippen molar-refractivity contribution in [3.05, 3.63) is 35.4 Å². The van der Waals surface area contributed by atoms with E-state index in [0.717, 1.165) is 39.3 Å². The van der Waals surface area contributed by atoms with Crippen molar-refractivity contribution in [1.82, 2.24) is 10.2 Å². The lowest BCUT2D eigenvalue weighted by Gasteiger charge is -2.39. The van der Waals surface area contributed by atoms with Crippen LogP contribution in [0.2, 0.25) is 0 Å². The minimum atomic E-state index is 0.0910. The van der Waals surface area contributed by atoms with Crippen LogP contribution in [-0.4, -0.2) is 43.3 Å². The molecule has 0 aliphatic carbocycles. The van der Waals surface area contributed by atoms with E-state index < -0.39 is 0 Å². The van der Waals surface area contributed by atoms with Crippen LogP contribution >= 0.6 is 0 Å². The van der Waals surface area contributed by atoms with Crippen LogP contribution in [-0.2, 0) is 17.7 Å². The zero-order chi connectivity index (χ0) is 12.4. The highest BCUT2D eigenvalue weighted by Gasteiger charge is 2.32. The molecule has 98 valence electrons. The Bertz CT molecular complexity index is 415. The van der Waals surface area contributed by atoms with E-state index in [-0.39, 0.29) is 5.60 Å². The highest BCUT2D eigenvalue weighted by Crippen LogP contribution is 2.19. The minimum Gasteiger partial charge on any atom is -0.371 e. The van der Waals surface area contributed by atoms with Crippen LogP contribution in [0.25, 0.3) is 0 Å². The third-order valence-corrected chi connectivity index (χ3v) is 4.07. The summed E-state index contributed by atoms with van der Waals surface area (Å²) in [4.78, 5) is 2.50. The van der Waals surface area contributed by atoms with Gasteiger partial charge in [-0.3, -0.25) is 4.90 Å². The Morgan fingerprint density at radius 2 is 2.06 bits per heavy atom. The molecule has 1 aromatic rings. The van der Waals surface area contributed by atoms with Crippen LogP contribution in [0, 0.1) is 0 Å². The van der Waals surface area contributed by atoms with Crippen molar-refractivity contribution >= 4 is 0 Å². The number of hydrogen-bond donors (Lipinski definition) is 1. The topological polar surface area (TPSA) is 24.5 Å². The number of hydrogen-bond acceptors (Lipinski definition) is 3. The molecule has 3 nitrogen and oxygen atoms in total. The van der Waals surface area contributed by atoms with E-state index in [1.54, 1.807) is 0 Å². The highest BCUT2D eigenvalue weighted by atomic mass is 16.5. The number of ether oxygens (including phenoxy) is 1. The van der Waals surface area contributed by atoms with Crippen molar-refractivity contribution in [2.75, 3.05) is 32.8 Å². The zero-order valence-electron chi connectivity index (χ0n) is 11.1. The van der Waals surface area contributed by atoms with Crippen LogP contribution in [0.15, 0.2) is 24.3 Å². The molecule has 18 heavy (non-hydrogen) atoms. The average molecular weight is 246 g/mol. The summed E-state index contributed by atoms with van der Waals surface area (Å²) < 4.78 is 5.95. The normalized spacial score (nSPS) is 22.3. The SMILES string of the molecule is CC1(OCCN2CCc3ccccc3C2)CNC1. The number of fused-ring (bicyclic) bond motifs is 1. The van der Waals surface area contributed by atoms with Crippen LogP contribution in [0.5, 0.6) is 0 Å². The molecule has 0 spiro atoms. The van der Waals surface area contributed by atoms with Gasteiger partial charge in [-0.25, -0.2) is 0 Å². The van der Waals surface area contributed by atoms with Gasteiger partial charge in [0.15, 0.2) is 0 Å².